The number of hydrogen-bond acceptors (Lipinski definition) is 2. The number of hydrogen-bond donors (Lipinski definition) is 2. The van der Waals surface area contributed by atoms with Gasteiger partial charge in [-0.1, -0.05) is 18.2 Å². The van der Waals surface area contributed by atoms with Crippen LogP contribution in [0, 0.1) is 5.82 Å². The van der Waals surface area contributed by atoms with Crippen molar-refractivity contribution in [3.8, 4) is 0 Å². The summed E-state index contributed by atoms with van der Waals surface area (Å²) in [5.41, 5.74) is 2.98. The van der Waals surface area contributed by atoms with Crippen molar-refractivity contribution in [1.29, 1.82) is 0 Å². The molecule has 0 atom stereocenters. The number of benzene rings is 1. The highest BCUT2D eigenvalue weighted by atomic mass is 19.1. The summed E-state index contributed by atoms with van der Waals surface area (Å²) in [4.78, 5) is 8.75. The van der Waals surface area contributed by atoms with Crippen LogP contribution >= 0.6 is 0 Å². The van der Waals surface area contributed by atoms with E-state index in [4.69, 9.17) is 0 Å². The van der Waals surface area contributed by atoms with E-state index in [1.807, 2.05) is 35.0 Å². The number of aliphatic imine (C=N–C) groups is 1. The molecule has 2 aromatic heterocycles. The van der Waals surface area contributed by atoms with Gasteiger partial charge in [-0.15, -0.1) is 0 Å². The molecule has 0 saturated carbocycles. The van der Waals surface area contributed by atoms with Gasteiger partial charge in [0.2, 0.25) is 0 Å². The Morgan fingerprint density at radius 1 is 1.17 bits per heavy atom. The van der Waals surface area contributed by atoms with Gasteiger partial charge in [0.25, 0.3) is 0 Å². The summed E-state index contributed by atoms with van der Waals surface area (Å²) >= 11 is 0. The maximum Gasteiger partial charge on any atom is 0.191 e. The normalized spacial score (nSPS) is 11.7. The molecule has 2 N–H and O–H groups in total. The Labute approximate surface area is 140 Å². The van der Waals surface area contributed by atoms with Crippen molar-refractivity contribution in [3.05, 3.63) is 71.9 Å². The third kappa shape index (κ3) is 4.10. The molecular formula is C18H20FN5. The highest BCUT2D eigenvalue weighted by Gasteiger charge is 2.02. The number of nitrogens with zero attached hydrogens (tertiary/aromatic N) is 3. The molecule has 0 aliphatic carbocycles. The Kier molecular flexibility index (Phi) is 5.05. The number of fused-ring (bicyclic) bond motifs is 1. The average Bonchev–Trinajstić information content (AvgIpc) is 3.02. The molecule has 0 aliphatic rings. The number of rotatable bonds is 5. The van der Waals surface area contributed by atoms with Crippen LogP contribution in [0.2, 0.25) is 0 Å². The number of nitrogens with one attached hydrogen (secondary N) is 2. The van der Waals surface area contributed by atoms with Crippen LogP contribution in [-0.2, 0) is 13.0 Å². The van der Waals surface area contributed by atoms with Crippen LogP contribution in [0.25, 0.3) is 5.65 Å². The predicted octanol–water partition coefficient (Wildman–Crippen LogP) is 2.38. The molecule has 0 radical (unpaired) electrons. The Hall–Kier alpha value is -2.89. The van der Waals surface area contributed by atoms with Gasteiger partial charge in [0.1, 0.15) is 11.5 Å². The van der Waals surface area contributed by atoms with E-state index in [1.54, 1.807) is 19.2 Å². The molecule has 0 aliphatic heterocycles. The van der Waals surface area contributed by atoms with E-state index in [0.717, 1.165) is 29.9 Å². The molecule has 0 unspecified atom stereocenters. The number of pyridine rings is 1. The fourth-order valence-electron chi connectivity index (χ4n) is 2.43. The van der Waals surface area contributed by atoms with Crippen LogP contribution in [0.4, 0.5) is 4.39 Å². The largest absolute Gasteiger partial charge is 0.356 e. The maximum absolute atomic E-state index is 12.9. The summed E-state index contributed by atoms with van der Waals surface area (Å²) in [7, 11) is 1.73. The second-order valence-electron chi connectivity index (χ2n) is 5.43. The zero-order valence-corrected chi connectivity index (χ0v) is 13.5. The second kappa shape index (κ2) is 7.59. The minimum Gasteiger partial charge on any atom is -0.356 e. The van der Waals surface area contributed by atoms with Gasteiger partial charge in [0.15, 0.2) is 5.96 Å². The molecule has 1 aromatic carbocycles. The smallest absolute Gasteiger partial charge is 0.191 e. The van der Waals surface area contributed by atoms with Crippen LogP contribution < -0.4 is 10.6 Å². The highest BCUT2D eigenvalue weighted by molar-refractivity contribution is 5.79. The van der Waals surface area contributed by atoms with Crippen LogP contribution in [0.15, 0.2) is 59.9 Å². The van der Waals surface area contributed by atoms with Crippen molar-refractivity contribution in [1.82, 2.24) is 20.0 Å². The zero-order valence-electron chi connectivity index (χ0n) is 13.5. The fourth-order valence-corrected chi connectivity index (χ4v) is 2.43. The summed E-state index contributed by atoms with van der Waals surface area (Å²) in [6.07, 6.45) is 4.83. The molecule has 0 amide bonds. The van der Waals surface area contributed by atoms with Crippen LogP contribution in [0.1, 0.15) is 11.3 Å². The first-order valence-electron chi connectivity index (χ1n) is 7.86. The van der Waals surface area contributed by atoms with E-state index >= 15 is 0 Å². The second-order valence-corrected chi connectivity index (χ2v) is 5.43. The van der Waals surface area contributed by atoms with Gasteiger partial charge >= 0.3 is 0 Å². The summed E-state index contributed by atoms with van der Waals surface area (Å²) in [6, 6.07) is 12.4. The van der Waals surface area contributed by atoms with Crippen molar-refractivity contribution in [2.24, 2.45) is 4.99 Å². The molecule has 5 nitrogen and oxygen atoms in total. The van der Waals surface area contributed by atoms with Crippen molar-refractivity contribution >= 4 is 11.6 Å². The summed E-state index contributed by atoms with van der Waals surface area (Å²) in [5, 5.41) is 6.47. The van der Waals surface area contributed by atoms with Gasteiger partial charge in [-0.25, -0.2) is 9.37 Å². The lowest BCUT2D eigenvalue weighted by molar-refractivity contribution is 0.626. The Balaban J connectivity index is 1.48. The van der Waals surface area contributed by atoms with Crippen LogP contribution in [0.5, 0.6) is 0 Å². The van der Waals surface area contributed by atoms with Crippen molar-refractivity contribution in [2.45, 2.75) is 13.0 Å². The molecule has 0 bridgehead atoms. The highest BCUT2D eigenvalue weighted by Crippen LogP contribution is 2.04. The lowest BCUT2D eigenvalue weighted by atomic mass is 10.2. The van der Waals surface area contributed by atoms with E-state index in [-0.39, 0.29) is 5.82 Å². The third-order valence-electron chi connectivity index (χ3n) is 3.68. The Morgan fingerprint density at radius 2 is 2.00 bits per heavy atom. The minimum atomic E-state index is -0.228. The van der Waals surface area contributed by atoms with Gasteiger partial charge in [-0.3, -0.25) is 4.99 Å². The summed E-state index contributed by atoms with van der Waals surface area (Å²) in [5.74, 6) is 0.483. The first kappa shape index (κ1) is 16.0. The standard InChI is InChI=1S/C18H20FN5/c1-20-18(22-12-14-5-7-15(19)8-6-14)21-10-9-16-13-24-11-3-2-4-17(24)23-16/h2-8,11,13H,9-10,12H2,1H3,(H2,20,21,22). The molecule has 3 aromatic rings. The van der Waals surface area contributed by atoms with Gasteiger partial charge in [-0.2, -0.15) is 0 Å². The molecule has 24 heavy (non-hydrogen) atoms. The van der Waals surface area contributed by atoms with E-state index in [1.165, 1.54) is 12.1 Å². The molecule has 0 saturated heterocycles. The molecule has 0 fully saturated rings. The van der Waals surface area contributed by atoms with Gasteiger partial charge < -0.3 is 15.0 Å². The molecule has 2 heterocycles. The molecule has 124 valence electrons. The van der Waals surface area contributed by atoms with Crippen LogP contribution in [0.3, 0.4) is 0 Å². The number of imidazole rings is 1. The van der Waals surface area contributed by atoms with Gasteiger partial charge in [0, 0.05) is 39.0 Å². The number of guanidine groups is 1. The summed E-state index contributed by atoms with van der Waals surface area (Å²) < 4.78 is 14.9. The zero-order chi connectivity index (χ0) is 16.8. The first-order valence-corrected chi connectivity index (χ1v) is 7.86. The average molecular weight is 325 g/mol. The Bertz CT molecular complexity index is 790. The quantitative estimate of drug-likeness (QED) is 0.559. The maximum atomic E-state index is 12.9. The SMILES string of the molecule is CN=C(NCCc1cn2ccccc2n1)NCc1ccc(F)cc1. The van der Waals surface area contributed by atoms with Crippen molar-refractivity contribution in [2.75, 3.05) is 13.6 Å². The molecular weight excluding hydrogens is 305 g/mol. The predicted molar refractivity (Wildman–Crippen MR) is 93.5 cm³/mol. The lowest BCUT2D eigenvalue weighted by Crippen LogP contribution is -2.37. The third-order valence-corrected chi connectivity index (χ3v) is 3.68. The molecule has 6 heteroatoms. The van der Waals surface area contributed by atoms with Crippen molar-refractivity contribution < 1.29 is 4.39 Å². The van der Waals surface area contributed by atoms with Crippen molar-refractivity contribution in [3.63, 3.8) is 0 Å². The van der Waals surface area contributed by atoms with E-state index < -0.39 is 0 Å². The van der Waals surface area contributed by atoms with E-state index in [9.17, 15) is 4.39 Å². The van der Waals surface area contributed by atoms with E-state index in [2.05, 4.69) is 20.6 Å². The summed E-state index contributed by atoms with van der Waals surface area (Å²) in [6.45, 7) is 1.32. The molecule has 0 spiro atoms. The first-order chi connectivity index (χ1) is 11.7. The monoisotopic (exact) mass is 325 g/mol. The van der Waals surface area contributed by atoms with Crippen LogP contribution in [-0.4, -0.2) is 28.9 Å². The number of aromatic nitrogens is 2. The lowest BCUT2D eigenvalue weighted by Gasteiger charge is -2.11. The fraction of sp³-hybridized carbons (Fsp3) is 0.222. The minimum absolute atomic E-state index is 0.228. The Morgan fingerprint density at radius 3 is 2.75 bits per heavy atom. The molecule has 3 rings (SSSR count). The topological polar surface area (TPSA) is 53.7 Å². The van der Waals surface area contributed by atoms with Gasteiger partial charge in [0.05, 0.1) is 5.69 Å². The van der Waals surface area contributed by atoms with E-state index in [0.29, 0.717) is 12.5 Å². The number of halogens is 1. The van der Waals surface area contributed by atoms with Gasteiger partial charge in [-0.05, 0) is 29.8 Å².